The summed E-state index contributed by atoms with van der Waals surface area (Å²) in [6.07, 6.45) is 10.1. The van der Waals surface area contributed by atoms with Crippen molar-refractivity contribution >= 4 is 17.4 Å². The second-order valence-corrected chi connectivity index (χ2v) is 6.15. The maximum absolute atomic E-state index is 4.87. The largest absolute Gasteiger partial charge is 0.353 e. The molecule has 0 aliphatic carbocycles. The molecule has 23 heavy (non-hydrogen) atoms. The summed E-state index contributed by atoms with van der Waals surface area (Å²) in [6.45, 7) is 3.83. The van der Waals surface area contributed by atoms with Gasteiger partial charge in [-0.05, 0) is 37.9 Å². The van der Waals surface area contributed by atoms with Crippen LogP contribution in [-0.4, -0.2) is 59.6 Å². The van der Waals surface area contributed by atoms with Crippen LogP contribution in [0, 0.1) is 5.92 Å². The zero-order valence-corrected chi connectivity index (χ0v) is 13.9. The topological polar surface area (TPSA) is 69.8 Å². The minimum atomic E-state index is 0.612. The fraction of sp³-hybridized carbons (Fsp3) is 0.562. The fourth-order valence-corrected chi connectivity index (χ4v) is 2.86. The number of amidine groups is 2. The minimum Gasteiger partial charge on any atom is -0.353 e. The molecule has 0 aromatic carbocycles. The Morgan fingerprint density at radius 2 is 2.35 bits per heavy atom. The van der Waals surface area contributed by atoms with Crippen LogP contribution in [0.15, 0.2) is 34.7 Å². The molecule has 0 spiro atoms. The number of aryl methyl sites for hydroxylation is 1. The van der Waals surface area contributed by atoms with E-state index in [1.807, 2.05) is 32.6 Å². The Labute approximate surface area is 137 Å². The van der Waals surface area contributed by atoms with Gasteiger partial charge in [0, 0.05) is 39.6 Å². The molecule has 3 rings (SSSR count). The van der Waals surface area contributed by atoms with Gasteiger partial charge in [0.05, 0.1) is 11.9 Å². The number of hydrogen-bond acceptors (Lipinski definition) is 5. The lowest BCUT2D eigenvalue weighted by molar-refractivity contribution is 0.385. The molecular weight excluding hydrogens is 290 g/mol. The summed E-state index contributed by atoms with van der Waals surface area (Å²) in [5, 5.41) is 11.0. The van der Waals surface area contributed by atoms with Crippen molar-refractivity contribution in [3.05, 3.63) is 24.7 Å². The third kappa shape index (κ3) is 4.19. The first-order valence-corrected chi connectivity index (χ1v) is 8.17. The second-order valence-electron chi connectivity index (χ2n) is 6.15. The van der Waals surface area contributed by atoms with Gasteiger partial charge in [-0.15, -0.1) is 0 Å². The molecule has 124 valence electrons. The molecule has 1 aromatic heterocycles. The van der Waals surface area contributed by atoms with Crippen LogP contribution in [0.5, 0.6) is 0 Å². The van der Waals surface area contributed by atoms with Gasteiger partial charge in [-0.1, -0.05) is 0 Å². The van der Waals surface area contributed by atoms with Crippen molar-refractivity contribution in [2.45, 2.75) is 12.8 Å². The van der Waals surface area contributed by atoms with Crippen LogP contribution in [0.25, 0.3) is 0 Å². The molecule has 0 amide bonds. The Bertz CT molecular complexity index is 608. The van der Waals surface area contributed by atoms with E-state index in [1.165, 1.54) is 12.8 Å². The molecule has 0 bridgehead atoms. The van der Waals surface area contributed by atoms with E-state index in [0.717, 1.165) is 43.5 Å². The highest BCUT2D eigenvalue weighted by molar-refractivity contribution is 6.44. The molecule has 1 saturated heterocycles. The molecule has 7 heteroatoms. The summed E-state index contributed by atoms with van der Waals surface area (Å²) in [6, 6.07) is 0. The van der Waals surface area contributed by atoms with Crippen LogP contribution in [0.3, 0.4) is 0 Å². The summed E-state index contributed by atoms with van der Waals surface area (Å²) in [5.41, 5.74) is 0.919. The molecule has 0 radical (unpaired) electrons. The van der Waals surface area contributed by atoms with Gasteiger partial charge in [-0.25, -0.2) is 4.99 Å². The first-order valence-electron chi connectivity index (χ1n) is 8.17. The van der Waals surface area contributed by atoms with Crippen molar-refractivity contribution < 1.29 is 0 Å². The average molecular weight is 315 g/mol. The normalized spacial score (nSPS) is 23.7. The second kappa shape index (κ2) is 7.41. The van der Waals surface area contributed by atoms with Crippen molar-refractivity contribution in [2.24, 2.45) is 23.0 Å². The number of nitrogens with zero attached hydrogens (tertiary/aromatic N) is 5. The zero-order chi connectivity index (χ0) is 16.1. The number of likely N-dealkylation sites (N-methyl/N-ethyl adjacent to an activating group) is 1. The molecule has 2 aliphatic heterocycles. The summed E-state index contributed by atoms with van der Waals surface area (Å²) < 4.78 is 1.77. The maximum Gasteiger partial charge on any atom is 0.173 e. The lowest BCUT2D eigenvalue weighted by atomic mass is 10.00. The number of hydrogen-bond donors (Lipinski definition) is 2. The van der Waals surface area contributed by atoms with Crippen LogP contribution < -0.4 is 10.6 Å². The Kier molecular flexibility index (Phi) is 5.07. The Morgan fingerprint density at radius 3 is 3.09 bits per heavy atom. The van der Waals surface area contributed by atoms with E-state index >= 15 is 0 Å². The van der Waals surface area contributed by atoms with Gasteiger partial charge < -0.3 is 15.5 Å². The smallest absolute Gasteiger partial charge is 0.173 e. The van der Waals surface area contributed by atoms with Crippen molar-refractivity contribution in [3.63, 3.8) is 0 Å². The van der Waals surface area contributed by atoms with Crippen LogP contribution >= 0.6 is 0 Å². The third-order valence-electron chi connectivity index (χ3n) is 4.13. The van der Waals surface area contributed by atoms with Crippen LogP contribution in [-0.2, 0) is 7.05 Å². The molecular formula is C16H25N7. The number of rotatable bonds is 3. The number of piperidine rings is 1. The highest BCUT2D eigenvalue weighted by atomic mass is 15.3. The molecule has 0 saturated carbocycles. The highest BCUT2D eigenvalue weighted by Crippen LogP contribution is 2.12. The van der Waals surface area contributed by atoms with Gasteiger partial charge in [0.15, 0.2) is 11.7 Å². The number of anilines is 1. The number of aromatic nitrogens is 2. The van der Waals surface area contributed by atoms with Crippen molar-refractivity contribution in [2.75, 3.05) is 38.5 Å². The van der Waals surface area contributed by atoms with Gasteiger partial charge in [0.1, 0.15) is 0 Å². The lowest BCUT2D eigenvalue weighted by Gasteiger charge is -2.24. The summed E-state index contributed by atoms with van der Waals surface area (Å²) >= 11 is 0. The Hall–Kier alpha value is -2.15. The van der Waals surface area contributed by atoms with E-state index in [-0.39, 0.29) is 0 Å². The van der Waals surface area contributed by atoms with E-state index in [1.54, 1.807) is 10.9 Å². The minimum absolute atomic E-state index is 0.612. The predicted octanol–water partition coefficient (Wildman–Crippen LogP) is 1.09. The van der Waals surface area contributed by atoms with E-state index in [0.29, 0.717) is 5.92 Å². The Morgan fingerprint density at radius 1 is 1.43 bits per heavy atom. The van der Waals surface area contributed by atoms with Gasteiger partial charge >= 0.3 is 0 Å². The van der Waals surface area contributed by atoms with E-state index in [2.05, 4.69) is 25.6 Å². The van der Waals surface area contributed by atoms with Gasteiger partial charge in [0.25, 0.3) is 0 Å². The van der Waals surface area contributed by atoms with E-state index in [9.17, 15) is 0 Å². The maximum atomic E-state index is 4.87. The van der Waals surface area contributed by atoms with Gasteiger partial charge in [0.2, 0.25) is 0 Å². The first kappa shape index (κ1) is 15.7. The highest BCUT2D eigenvalue weighted by Gasteiger charge is 2.18. The predicted molar refractivity (Wildman–Crippen MR) is 93.9 cm³/mol. The Balaban J connectivity index is 1.75. The molecule has 2 aliphatic rings. The van der Waals surface area contributed by atoms with Crippen molar-refractivity contribution in [1.82, 2.24) is 20.0 Å². The SMILES string of the molecule is CN1CC=CN=C(Nc2cnn(C)c2)C1=NCC1CCCNC1. The van der Waals surface area contributed by atoms with Crippen molar-refractivity contribution in [1.29, 1.82) is 0 Å². The third-order valence-corrected chi connectivity index (χ3v) is 4.13. The molecule has 2 N–H and O–H groups in total. The summed E-state index contributed by atoms with van der Waals surface area (Å²) in [7, 11) is 3.95. The monoisotopic (exact) mass is 315 g/mol. The van der Waals surface area contributed by atoms with E-state index < -0.39 is 0 Å². The van der Waals surface area contributed by atoms with E-state index in [4.69, 9.17) is 4.99 Å². The zero-order valence-electron chi connectivity index (χ0n) is 13.9. The first-order chi connectivity index (χ1) is 11.2. The molecule has 1 atom stereocenters. The molecule has 1 unspecified atom stereocenters. The van der Waals surface area contributed by atoms with Gasteiger partial charge in [-0.3, -0.25) is 9.67 Å². The number of nitrogens with one attached hydrogen (secondary N) is 2. The number of aliphatic imine (C=N–C) groups is 2. The summed E-state index contributed by atoms with van der Waals surface area (Å²) in [5.74, 6) is 2.29. The molecule has 1 fully saturated rings. The summed E-state index contributed by atoms with van der Waals surface area (Å²) in [4.78, 5) is 11.5. The van der Waals surface area contributed by atoms with Crippen LogP contribution in [0.1, 0.15) is 12.8 Å². The molecule has 1 aromatic rings. The quantitative estimate of drug-likeness (QED) is 0.876. The molecule has 3 heterocycles. The average Bonchev–Trinajstić information content (AvgIpc) is 2.88. The molecule has 7 nitrogen and oxygen atoms in total. The van der Waals surface area contributed by atoms with Crippen LogP contribution in [0.4, 0.5) is 5.69 Å². The van der Waals surface area contributed by atoms with Crippen molar-refractivity contribution in [3.8, 4) is 0 Å². The standard InChI is InChI=1S/C16H25N7/c1-22-8-4-7-18-15(21-14-11-20-23(2)12-14)16(22)19-10-13-5-3-6-17-9-13/h4,7,11-13,17H,3,5-6,8-10H2,1-2H3,(H,18,21). The lowest BCUT2D eigenvalue weighted by Crippen LogP contribution is -2.38. The fourth-order valence-electron chi connectivity index (χ4n) is 2.86. The van der Waals surface area contributed by atoms with Crippen LogP contribution in [0.2, 0.25) is 0 Å². The van der Waals surface area contributed by atoms with Gasteiger partial charge in [-0.2, -0.15) is 5.10 Å².